The average Bonchev–Trinajstić information content (AvgIpc) is 2.58. The molecule has 0 aliphatic carbocycles. The molecule has 0 aromatic carbocycles. The van der Waals surface area contributed by atoms with Crippen LogP contribution in [0.25, 0.3) is 0 Å². The van der Waals surface area contributed by atoms with Gasteiger partial charge in [0.1, 0.15) is 5.82 Å². The fraction of sp³-hybridized carbons (Fsp3) is 0.833. The molecule has 0 aliphatic heterocycles. The van der Waals surface area contributed by atoms with E-state index in [1.165, 1.54) is 0 Å². The van der Waals surface area contributed by atoms with Gasteiger partial charge in [0.2, 0.25) is 0 Å². The van der Waals surface area contributed by atoms with Gasteiger partial charge in [-0.1, -0.05) is 20.8 Å². The summed E-state index contributed by atoms with van der Waals surface area (Å²) in [7, 11) is 1.97. The Hall–Kier alpha value is -0.900. The van der Waals surface area contributed by atoms with Crippen LogP contribution in [0.5, 0.6) is 0 Å². The maximum Gasteiger partial charge on any atom is 0.153 e. The van der Waals surface area contributed by atoms with Crippen molar-refractivity contribution in [1.82, 2.24) is 14.8 Å². The maximum atomic E-state index is 5.54. The second-order valence-corrected chi connectivity index (χ2v) is 4.89. The van der Waals surface area contributed by atoms with Crippen LogP contribution >= 0.6 is 0 Å². The second-order valence-electron chi connectivity index (χ2n) is 4.89. The molecule has 0 fully saturated rings. The smallest absolute Gasteiger partial charge is 0.153 e. The van der Waals surface area contributed by atoms with Crippen LogP contribution in [0.2, 0.25) is 0 Å². The summed E-state index contributed by atoms with van der Waals surface area (Å²) in [6.45, 7) is 7.26. The van der Waals surface area contributed by atoms with E-state index in [1.807, 2.05) is 11.7 Å². The van der Waals surface area contributed by atoms with E-state index in [1.54, 1.807) is 0 Å². The molecule has 4 heteroatoms. The molecule has 0 spiro atoms. The van der Waals surface area contributed by atoms with E-state index in [9.17, 15) is 0 Å². The molecule has 0 saturated heterocycles. The van der Waals surface area contributed by atoms with Gasteiger partial charge in [0.25, 0.3) is 0 Å². The molecular weight excluding hydrogens is 200 g/mol. The lowest BCUT2D eigenvalue weighted by atomic mass is 10.0. The summed E-state index contributed by atoms with van der Waals surface area (Å²) in [6, 6.07) is 0. The molecule has 1 unspecified atom stereocenters. The Morgan fingerprint density at radius 1 is 1.25 bits per heavy atom. The number of rotatable bonds is 6. The predicted molar refractivity (Wildman–Crippen MR) is 66.2 cm³/mol. The van der Waals surface area contributed by atoms with Crippen molar-refractivity contribution in [1.29, 1.82) is 0 Å². The minimum Gasteiger partial charge on any atom is -0.330 e. The van der Waals surface area contributed by atoms with Crippen molar-refractivity contribution in [2.75, 3.05) is 6.54 Å². The monoisotopic (exact) mass is 224 g/mol. The molecule has 1 aromatic heterocycles. The highest BCUT2D eigenvalue weighted by atomic mass is 15.3. The van der Waals surface area contributed by atoms with E-state index in [-0.39, 0.29) is 0 Å². The number of hydrogen-bond donors (Lipinski definition) is 1. The molecule has 1 atom stereocenters. The Morgan fingerprint density at radius 2 is 1.94 bits per heavy atom. The van der Waals surface area contributed by atoms with E-state index in [4.69, 9.17) is 5.73 Å². The molecular formula is C12H24N4. The first-order chi connectivity index (χ1) is 7.54. The van der Waals surface area contributed by atoms with Gasteiger partial charge in [-0.25, -0.2) is 4.98 Å². The summed E-state index contributed by atoms with van der Waals surface area (Å²) in [4.78, 5) is 4.56. The molecule has 1 heterocycles. The quantitative estimate of drug-likeness (QED) is 0.802. The Labute approximate surface area is 98.2 Å². The summed E-state index contributed by atoms with van der Waals surface area (Å²) in [5, 5.41) is 4.41. The van der Waals surface area contributed by atoms with Gasteiger partial charge in [0.15, 0.2) is 5.82 Å². The topological polar surface area (TPSA) is 56.7 Å². The molecule has 92 valence electrons. The normalized spacial score (nSPS) is 13.4. The highest BCUT2D eigenvalue weighted by Gasteiger charge is 2.11. The van der Waals surface area contributed by atoms with Gasteiger partial charge in [0.05, 0.1) is 0 Å². The lowest BCUT2D eigenvalue weighted by Crippen LogP contribution is -2.08. The van der Waals surface area contributed by atoms with E-state index in [0.717, 1.165) is 37.5 Å². The maximum absolute atomic E-state index is 5.54. The average molecular weight is 224 g/mol. The Morgan fingerprint density at radius 3 is 2.44 bits per heavy atom. The molecule has 2 N–H and O–H groups in total. The van der Waals surface area contributed by atoms with Crippen LogP contribution < -0.4 is 5.73 Å². The summed E-state index contributed by atoms with van der Waals surface area (Å²) >= 11 is 0. The largest absolute Gasteiger partial charge is 0.330 e. The first-order valence-electron chi connectivity index (χ1n) is 6.14. The van der Waals surface area contributed by atoms with E-state index >= 15 is 0 Å². The Kier molecular flexibility index (Phi) is 4.93. The molecule has 0 radical (unpaired) electrons. The zero-order chi connectivity index (χ0) is 12.1. The van der Waals surface area contributed by atoms with Gasteiger partial charge in [-0.2, -0.15) is 5.10 Å². The van der Waals surface area contributed by atoms with Crippen LogP contribution in [0, 0.1) is 5.92 Å². The minimum absolute atomic E-state index is 0.404. The number of aromatic nitrogens is 3. The molecule has 0 bridgehead atoms. The molecule has 0 saturated carbocycles. The number of nitrogens with zero attached hydrogens (tertiary/aromatic N) is 3. The second kappa shape index (κ2) is 5.99. The van der Waals surface area contributed by atoms with Gasteiger partial charge in [-0.15, -0.1) is 0 Å². The number of nitrogens with two attached hydrogens (primary N) is 1. The summed E-state index contributed by atoms with van der Waals surface area (Å²) < 4.78 is 1.91. The van der Waals surface area contributed by atoms with Crippen LogP contribution in [-0.2, 0) is 13.5 Å². The highest BCUT2D eigenvalue weighted by molar-refractivity contribution is 4.97. The van der Waals surface area contributed by atoms with Crippen molar-refractivity contribution in [3.8, 4) is 0 Å². The van der Waals surface area contributed by atoms with E-state index in [0.29, 0.717) is 11.8 Å². The van der Waals surface area contributed by atoms with Crippen molar-refractivity contribution < 1.29 is 0 Å². The van der Waals surface area contributed by atoms with Crippen LogP contribution in [-0.4, -0.2) is 21.3 Å². The minimum atomic E-state index is 0.404. The lowest BCUT2D eigenvalue weighted by molar-refractivity contribution is 0.487. The Balaban J connectivity index is 2.53. The number of aryl methyl sites for hydroxylation is 2. The number of hydrogen-bond acceptors (Lipinski definition) is 3. The standard InChI is InChI=1S/C12H24N4/c1-9(2)12-14-11(16(4)15-12)6-5-10(3)7-8-13/h9-10H,5-8,13H2,1-4H3. The zero-order valence-corrected chi connectivity index (χ0v) is 10.9. The first-order valence-corrected chi connectivity index (χ1v) is 6.14. The van der Waals surface area contributed by atoms with Crippen LogP contribution in [0.1, 0.15) is 51.2 Å². The first kappa shape index (κ1) is 13.2. The fourth-order valence-electron chi connectivity index (χ4n) is 1.70. The van der Waals surface area contributed by atoms with Gasteiger partial charge < -0.3 is 5.73 Å². The SMILES string of the molecule is CC(CCN)CCc1nc(C(C)C)nn1C. The third-order valence-corrected chi connectivity index (χ3v) is 2.91. The van der Waals surface area contributed by atoms with Crippen LogP contribution in [0.15, 0.2) is 0 Å². The summed E-state index contributed by atoms with van der Waals surface area (Å²) in [5.74, 6) is 3.11. The Bertz CT molecular complexity index is 317. The van der Waals surface area contributed by atoms with E-state index in [2.05, 4.69) is 30.9 Å². The molecule has 1 aromatic rings. The van der Waals surface area contributed by atoms with Crippen molar-refractivity contribution in [2.24, 2.45) is 18.7 Å². The fourth-order valence-corrected chi connectivity index (χ4v) is 1.70. The molecule has 0 aliphatic rings. The van der Waals surface area contributed by atoms with Crippen LogP contribution in [0.3, 0.4) is 0 Å². The summed E-state index contributed by atoms with van der Waals surface area (Å²) in [5.41, 5.74) is 5.54. The molecule has 0 amide bonds. The third kappa shape index (κ3) is 3.59. The van der Waals surface area contributed by atoms with Crippen molar-refractivity contribution >= 4 is 0 Å². The zero-order valence-electron chi connectivity index (χ0n) is 10.9. The molecule has 4 nitrogen and oxygen atoms in total. The summed E-state index contributed by atoms with van der Waals surface area (Å²) in [6.07, 6.45) is 3.23. The molecule has 1 rings (SSSR count). The molecule has 16 heavy (non-hydrogen) atoms. The third-order valence-electron chi connectivity index (χ3n) is 2.91. The lowest BCUT2D eigenvalue weighted by Gasteiger charge is -2.08. The van der Waals surface area contributed by atoms with Crippen molar-refractivity contribution in [2.45, 2.75) is 46.0 Å². The van der Waals surface area contributed by atoms with E-state index < -0.39 is 0 Å². The van der Waals surface area contributed by atoms with Crippen LogP contribution in [0.4, 0.5) is 0 Å². The highest BCUT2D eigenvalue weighted by Crippen LogP contribution is 2.13. The van der Waals surface area contributed by atoms with Crippen molar-refractivity contribution in [3.63, 3.8) is 0 Å². The van der Waals surface area contributed by atoms with Gasteiger partial charge >= 0.3 is 0 Å². The van der Waals surface area contributed by atoms with Crippen molar-refractivity contribution in [3.05, 3.63) is 11.6 Å². The van der Waals surface area contributed by atoms with Gasteiger partial charge in [-0.3, -0.25) is 4.68 Å². The van der Waals surface area contributed by atoms with Gasteiger partial charge in [0, 0.05) is 19.4 Å². The van der Waals surface area contributed by atoms with Gasteiger partial charge in [-0.05, 0) is 25.3 Å². The predicted octanol–water partition coefficient (Wildman–Crippen LogP) is 1.86.